The smallest absolute Gasteiger partial charge is 0.325 e. The molecule has 15 heteroatoms. The highest BCUT2D eigenvalue weighted by molar-refractivity contribution is 7.91. The van der Waals surface area contributed by atoms with E-state index in [1.165, 1.54) is 23.1 Å². The van der Waals surface area contributed by atoms with Crippen molar-refractivity contribution in [2.75, 3.05) is 39.4 Å². The second-order valence-corrected chi connectivity index (χ2v) is 12.2. The van der Waals surface area contributed by atoms with Crippen molar-refractivity contribution in [3.63, 3.8) is 0 Å². The van der Waals surface area contributed by atoms with Gasteiger partial charge in [0.05, 0.1) is 6.61 Å². The number of urea groups is 1. The topological polar surface area (TPSA) is 144 Å². The first kappa shape index (κ1) is 29.9. The second kappa shape index (κ2) is 13.5. The number of hydrogen-bond donors (Lipinski definition) is 2. The molecule has 3 amide bonds. The van der Waals surface area contributed by atoms with Crippen molar-refractivity contribution in [2.45, 2.75) is 42.7 Å². The van der Waals surface area contributed by atoms with Crippen LogP contribution in [0.2, 0.25) is 0 Å². The summed E-state index contributed by atoms with van der Waals surface area (Å²) in [5.41, 5.74) is 2.95. The number of ether oxygens (including phenoxy) is 2. The molecule has 0 radical (unpaired) electrons. The molecule has 1 aromatic heterocycles. The van der Waals surface area contributed by atoms with Gasteiger partial charge >= 0.3 is 12.0 Å². The van der Waals surface area contributed by atoms with Crippen LogP contribution >= 0.6 is 11.3 Å². The fourth-order valence-electron chi connectivity index (χ4n) is 4.26. The summed E-state index contributed by atoms with van der Waals surface area (Å²) in [6, 6.07) is 6.73. The molecule has 1 aromatic carbocycles. The molecule has 2 atom stereocenters. The molecule has 2 N–H and O–H groups in total. The van der Waals surface area contributed by atoms with E-state index in [1.807, 2.05) is 0 Å². The van der Waals surface area contributed by atoms with Gasteiger partial charge in [0.25, 0.3) is 15.9 Å². The molecule has 218 valence electrons. The number of hydrogen-bond acceptors (Lipinski definition) is 9. The van der Waals surface area contributed by atoms with Gasteiger partial charge < -0.3 is 19.7 Å². The summed E-state index contributed by atoms with van der Waals surface area (Å²) in [6.07, 6.45) is 1.63. The Balaban J connectivity index is 1.52. The molecule has 2 aliphatic heterocycles. The van der Waals surface area contributed by atoms with Gasteiger partial charge in [0, 0.05) is 37.5 Å². The standard InChI is InChI=1S/C25H31FN4O8S2/c1-2-36-21(31)15-27-25(33)29-12-13-30(19(16-29)24(32)28-38-22-5-3-4-14-37-22)40(34,35)23-11-10-20(39-23)17-6-8-18(26)9-7-17/h6-11,19,22H,2-5,12-16H2,1H3,(H,27,33)(H,28,32)/t19-,22?/m1/s1. The van der Waals surface area contributed by atoms with Crippen molar-refractivity contribution < 1.29 is 41.5 Å². The first-order valence-corrected chi connectivity index (χ1v) is 15.1. The quantitative estimate of drug-likeness (QED) is 0.330. The largest absolute Gasteiger partial charge is 0.465 e. The van der Waals surface area contributed by atoms with E-state index in [4.69, 9.17) is 14.3 Å². The van der Waals surface area contributed by atoms with Gasteiger partial charge in [-0.05, 0) is 49.6 Å². The maximum absolute atomic E-state index is 13.7. The molecule has 12 nitrogen and oxygen atoms in total. The predicted octanol–water partition coefficient (Wildman–Crippen LogP) is 2.08. The third-order valence-electron chi connectivity index (χ3n) is 6.31. The number of rotatable bonds is 9. The lowest BCUT2D eigenvalue weighted by Crippen LogP contribution is -2.62. The molecule has 3 heterocycles. The zero-order valence-corrected chi connectivity index (χ0v) is 23.5. The van der Waals surface area contributed by atoms with Gasteiger partial charge in [0.1, 0.15) is 22.6 Å². The molecule has 40 heavy (non-hydrogen) atoms. The number of benzene rings is 1. The summed E-state index contributed by atoms with van der Waals surface area (Å²) in [4.78, 5) is 44.9. The van der Waals surface area contributed by atoms with Gasteiger partial charge in [-0.3, -0.25) is 9.59 Å². The summed E-state index contributed by atoms with van der Waals surface area (Å²) in [7, 11) is -4.18. The minimum absolute atomic E-state index is 0.0126. The minimum Gasteiger partial charge on any atom is -0.465 e. The molecule has 0 spiro atoms. The van der Waals surface area contributed by atoms with Crippen LogP contribution in [0.15, 0.2) is 40.6 Å². The predicted molar refractivity (Wildman–Crippen MR) is 142 cm³/mol. The Morgan fingerprint density at radius 2 is 1.90 bits per heavy atom. The Labute approximate surface area is 235 Å². The van der Waals surface area contributed by atoms with Crippen LogP contribution in [-0.4, -0.2) is 87.3 Å². The van der Waals surface area contributed by atoms with Crippen molar-refractivity contribution in [2.24, 2.45) is 0 Å². The molecule has 2 fully saturated rings. The highest BCUT2D eigenvalue weighted by Gasteiger charge is 2.42. The molecule has 2 aromatic rings. The van der Waals surface area contributed by atoms with Gasteiger partial charge in [0.15, 0.2) is 6.29 Å². The zero-order valence-electron chi connectivity index (χ0n) is 21.8. The monoisotopic (exact) mass is 598 g/mol. The van der Waals surface area contributed by atoms with Crippen LogP contribution in [0.5, 0.6) is 0 Å². The Kier molecular flexibility index (Phi) is 10.1. The Morgan fingerprint density at radius 3 is 2.60 bits per heavy atom. The lowest BCUT2D eigenvalue weighted by Gasteiger charge is -2.39. The number of nitrogens with one attached hydrogen (secondary N) is 2. The van der Waals surface area contributed by atoms with Gasteiger partial charge in [-0.1, -0.05) is 12.1 Å². The van der Waals surface area contributed by atoms with Crippen molar-refractivity contribution >= 4 is 39.3 Å². The number of piperazine rings is 1. The van der Waals surface area contributed by atoms with Crippen LogP contribution in [0.1, 0.15) is 26.2 Å². The average Bonchev–Trinajstić information content (AvgIpc) is 3.47. The van der Waals surface area contributed by atoms with Crippen molar-refractivity contribution in [3.05, 3.63) is 42.2 Å². The van der Waals surface area contributed by atoms with Gasteiger partial charge in [-0.2, -0.15) is 4.31 Å². The molecular formula is C25H31FN4O8S2. The summed E-state index contributed by atoms with van der Waals surface area (Å²) in [5.74, 6) is -1.80. The van der Waals surface area contributed by atoms with Crippen LogP contribution in [0.3, 0.4) is 0 Å². The fraction of sp³-hybridized carbons (Fsp3) is 0.480. The zero-order chi connectivity index (χ0) is 28.7. The first-order valence-electron chi connectivity index (χ1n) is 12.8. The molecule has 2 aliphatic rings. The Hall–Kier alpha value is -3.11. The van der Waals surface area contributed by atoms with Crippen LogP contribution in [-0.2, 0) is 33.9 Å². The first-order chi connectivity index (χ1) is 19.2. The molecule has 0 bridgehead atoms. The van der Waals surface area contributed by atoms with Crippen LogP contribution in [0.25, 0.3) is 10.4 Å². The van der Waals surface area contributed by atoms with E-state index in [0.717, 1.165) is 28.5 Å². The maximum atomic E-state index is 13.7. The maximum Gasteiger partial charge on any atom is 0.325 e. The number of carbonyl (C=O) groups excluding carboxylic acids is 3. The molecule has 4 rings (SSSR count). The van der Waals surface area contributed by atoms with Gasteiger partial charge in [-0.25, -0.2) is 27.9 Å². The van der Waals surface area contributed by atoms with Crippen molar-refractivity contribution in [1.29, 1.82) is 0 Å². The fourth-order valence-corrected chi connectivity index (χ4v) is 7.27. The number of esters is 1. The number of sulfonamides is 1. The van der Waals surface area contributed by atoms with E-state index < -0.39 is 46.1 Å². The lowest BCUT2D eigenvalue weighted by atomic mass is 10.2. The van der Waals surface area contributed by atoms with Gasteiger partial charge in [0.2, 0.25) is 0 Å². The minimum atomic E-state index is -4.18. The van der Waals surface area contributed by atoms with Crippen LogP contribution in [0, 0.1) is 5.82 Å². The number of carbonyl (C=O) groups is 3. The third-order valence-corrected chi connectivity index (χ3v) is 9.82. The van der Waals surface area contributed by atoms with Crippen molar-refractivity contribution in [3.8, 4) is 10.4 Å². The summed E-state index contributed by atoms with van der Waals surface area (Å²) in [5, 5.41) is 2.43. The molecule has 0 aliphatic carbocycles. The highest BCUT2D eigenvalue weighted by Crippen LogP contribution is 2.33. The highest BCUT2D eigenvalue weighted by atomic mass is 32.2. The summed E-state index contributed by atoms with van der Waals surface area (Å²) < 4.78 is 52.1. The van der Waals surface area contributed by atoms with E-state index in [0.29, 0.717) is 23.5 Å². The van der Waals surface area contributed by atoms with E-state index in [-0.39, 0.29) is 37.0 Å². The Morgan fingerprint density at radius 1 is 1.12 bits per heavy atom. The van der Waals surface area contributed by atoms with E-state index in [1.54, 1.807) is 25.1 Å². The summed E-state index contributed by atoms with van der Waals surface area (Å²) in [6.45, 7) is 1.41. The molecule has 0 saturated carbocycles. The van der Waals surface area contributed by atoms with E-state index in [9.17, 15) is 27.2 Å². The van der Waals surface area contributed by atoms with E-state index in [2.05, 4.69) is 10.8 Å². The third kappa shape index (κ3) is 7.34. The number of halogens is 1. The Bertz CT molecular complexity index is 1300. The van der Waals surface area contributed by atoms with Crippen LogP contribution in [0.4, 0.5) is 9.18 Å². The average molecular weight is 599 g/mol. The number of nitrogens with zero attached hydrogens (tertiary/aromatic N) is 2. The molecule has 1 unspecified atom stereocenters. The van der Waals surface area contributed by atoms with Crippen molar-refractivity contribution in [1.82, 2.24) is 20.0 Å². The normalized spacial score (nSPS) is 20.1. The molecule has 2 saturated heterocycles. The molecular weight excluding hydrogens is 567 g/mol. The second-order valence-electron chi connectivity index (χ2n) is 9.05. The number of hydroxylamine groups is 1. The SMILES string of the molecule is CCOC(=O)CNC(=O)N1CCN(S(=O)(=O)c2ccc(-c3ccc(F)cc3)s2)[C@@H](C(=O)NOC2CCCCO2)C1. The lowest BCUT2D eigenvalue weighted by molar-refractivity contribution is -0.202. The van der Waals surface area contributed by atoms with Gasteiger partial charge in [-0.15, -0.1) is 11.3 Å². The summed E-state index contributed by atoms with van der Waals surface area (Å²) >= 11 is 0.986. The number of thiophene rings is 1. The van der Waals surface area contributed by atoms with Crippen LogP contribution < -0.4 is 10.8 Å². The number of amides is 3. The van der Waals surface area contributed by atoms with E-state index >= 15 is 0 Å².